The minimum atomic E-state index is -1.80. The van der Waals surface area contributed by atoms with E-state index in [1.54, 1.807) is 30.3 Å². The number of benzene rings is 2. The Morgan fingerprint density at radius 2 is 1.71 bits per heavy atom. The van der Waals surface area contributed by atoms with E-state index < -0.39 is 11.5 Å². The summed E-state index contributed by atoms with van der Waals surface area (Å²) >= 11 is 0. The summed E-state index contributed by atoms with van der Waals surface area (Å²) in [7, 11) is 0. The van der Waals surface area contributed by atoms with Crippen molar-refractivity contribution in [1.29, 1.82) is 0 Å². The Labute approximate surface area is 125 Å². The molecule has 21 heavy (non-hydrogen) atoms. The number of primary amides is 1. The van der Waals surface area contributed by atoms with E-state index in [0.29, 0.717) is 17.0 Å². The number of nitrogens with two attached hydrogens (primary N) is 1. The normalized spacial score (nSPS) is 13.9. The first-order chi connectivity index (χ1) is 9.94. The lowest BCUT2D eigenvalue weighted by atomic mass is 9.84. The highest BCUT2D eigenvalue weighted by atomic mass is 16.3. The molecule has 0 heterocycles. The van der Waals surface area contributed by atoms with E-state index in [2.05, 4.69) is 13.8 Å². The molecule has 3 nitrogen and oxygen atoms in total. The lowest BCUT2D eigenvalue weighted by Gasteiger charge is -2.26. The molecule has 0 spiro atoms. The van der Waals surface area contributed by atoms with Crippen molar-refractivity contribution in [2.75, 3.05) is 0 Å². The third-order valence-corrected chi connectivity index (χ3v) is 3.54. The molecule has 2 rings (SSSR count). The fourth-order valence-electron chi connectivity index (χ4n) is 2.53. The summed E-state index contributed by atoms with van der Waals surface area (Å²) in [4.78, 5) is 11.9. The van der Waals surface area contributed by atoms with Gasteiger partial charge in [-0.15, -0.1) is 0 Å². The molecule has 2 aromatic rings. The number of amides is 1. The number of aliphatic hydroxyl groups is 1. The summed E-state index contributed by atoms with van der Waals surface area (Å²) in [5, 5.41) is 10.9. The molecule has 1 atom stereocenters. The molecule has 0 aliphatic carbocycles. The largest absolute Gasteiger partial charge is 0.372 e. The van der Waals surface area contributed by atoms with Crippen LogP contribution in [0, 0.1) is 5.92 Å². The SMILES string of the molecule is CC(C)Cc1cccc(C(O)(C(N)=O)c2ccccc2)c1. The van der Waals surface area contributed by atoms with Crippen LogP contribution >= 0.6 is 0 Å². The van der Waals surface area contributed by atoms with Crippen molar-refractivity contribution in [2.45, 2.75) is 25.9 Å². The van der Waals surface area contributed by atoms with Gasteiger partial charge in [0.2, 0.25) is 0 Å². The molecule has 0 aliphatic rings. The van der Waals surface area contributed by atoms with E-state index in [1.165, 1.54) is 0 Å². The average Bonchev–Trinajstić information content (AvgIpc) is 2.46. The van der Waals surface area contributed by atoms with Crippen LogP contribution in [-0.4, -0.2) is 11.0 Å². The van der Waals surface area contributed by atoms with Gasteiger partial charge in [-0.25, -0.2) is 0 Å². The van der Waals surface area contributed by atoms with Gasteiger partial charge in [0.15, 0.2) is 5.60 Å². The van der Waals surface area contributed by atoms with Gasteiger partial charge in [-0.05, 0) is 29.0 Å². The molecule has 0 aromatic heterocycles. The van der Waals surface area contributed by atoms with E-state index in [1.807, 2.05) is 24.3 Å². The van der Waals surface area contributed by atoms with E-state index in [-0.39, 0.29) is 0 Å². The van der Waals surface area contributed by atoms with E-state index in [4.69, 9.17) is 5.73 Å². The van der Waals surface area contributed by atoms with Crippen LogP contribution in [0.25, 0.3) is 0 Å². The summed E-state index contributed by atoms with van der Waals surface area (Å²) in [6, 6.07) is 16.3. The second kappa shape index (κ2) is 6.10. The number of hydrogen-bond donors (Lipinski definition) is 2. The molecular formula is C18H21NO2. The zero-order valence-corrected chi connectivity index (χ0v) is 12.4. The molecular weight excluding hydrogens is 262 g/mol. The van der Waals surface area contributed by atoms with Gasteiger partial charge in [0.25, 0.3) is 5.91 Å². The van der Waals surface area contributed by atoms with E-state index >= 15 is 0 Å². The molecule has 3 N–H and O–H groups in total. The highest BCUT2D eigenvalue weighted by molar-refractivity contribution is 5.88. The quantitative estimate of drug-likeness (QED) is 0.886. The first-order valence-corrected chi connectivity index (χ1v) is 7.11. The number of carbonyl (C=O) groups excluding carboxylic acids is 1. The fraction of sp³-hybridized carbons (Fsp3) is 0.278. The Bertz CT molecular complexity index is 622. The first kappa shape index (κ1) is 15.3. The van der Waals surface area contributed by atoms with Gasteiger partial charge in [0.1, 0.15) is 0 Å². The zero-order valence-electron chi connectivity index (χ0n) is 12.4. The topological polar surface area (TPSA) is 63.3 Å². The third-order valence-electron chi connectivity index (χ3n) is 3.54. The lowest BCUT2D eigenvalue weighted by Crippen LogP contribution is -2.42. The van der Waals surface area contributed by atoms with Gasteiger partial charge in [0.05, 0.1) is 0 Å². The molecule has 0 aliphatic heterocycles. The molecule has 0 bridgehead atoms. The Morgan fingerprint density at radius 3 is 2.29 bits per heavy atom. The third kappa shape index (κ3) is 3.14. The molecule has 1 unspecified atom stereocenters. The van der Waals surface area contributed by atoms with E-state index in [9.17, 15) is 9.90 Å². The highest BCUT2D eigenvalue weighted by Gasteiger charge is 2.38. The standard InChI is InChI=1S/C18H21NO2/c1-13(2)11-14-7-6-10-16(12-14)18(21,17(19)20)15-8-4-3-5-9-15/h3-10,12-13,21H,11H2,1-2H3,(H2,19,20). The van der Waals surface area contributed by atoms with Gasteiger partial charge in [-0.2, -0.15) is 0 Å². The maximum atomic E-state index is 11.9. The molecule has 1 amide bonds. The first-order valence-electron chi connectivity index (χ1n) is 7.11. The van der Waals surface area contributed by atoms with Crippen molar-refractivity contribution in [3.05, 3.63) is 71.3 Å². The minimum absolute atomic E-state index is 0.485. The van der Waals surface area contributed by atoms with Crippen molar-refractivity contribution in [3.63, 3.8) is 0 Å². The van der Waals surface area contributed by atoms with Crippen LogP contribution in [-0.2, 0) is 16.8 Å². The summed E-state index contributed by atoms with van der Waals surface area (Å²) in [5.74, 6) is -0.269. The molecule has 110 valence electrons. The van der Waals surface area contributed by atoms with Crippen molar-refractivity contribution in [2.24, 2.45) is 11.7 Å². The molecule has 0 radical (unpaired) electrons. The van der Waals surface area contributed by atoms with Gasteiger partial charge in [-0.1, -0.05) is 68.4 Å². The number of hydrogen-bond acceptors (Lipinski definition) is 2. The lowest BCUT2D eigenvalue weighted by molar-refractivity contribution is -0.133. The molecule has 2 aromatic carbocycles. The molecule has 0 saturated heterocycles. The van der Waals surface area contributed by atoms with E-state index in [0.717, 1.165) is 12.0 Å². The minimum Gasteiger partial charge on any atom is -0.372 e. The Balaban J connectivity index is 2.51. The van der Waals surface area contributed by atoms with Gasteiger partial charge >= 0.3 is 0 Å². The molecule has 3 heteroatoms. The second-order valence-electron chi connectivity index (χ2n) is 5.74. The summed E-state index contributed by atoms with van der Waals surface area (Å²) in [6.45, 7) is 4.26. The van der Waals surface area contributed by atoms with Crippen LogP contribution in [0.3, 0.4) is 0 Å². The van der Waals surface area contributed by atoms with Crippen molar-refractivity contribution in [3.8, 4) is 0 Å². The maximum absolute atomic E-state index is 11.9. The summed E-state index contributed by atoms with van der Waals surface area (Å²) in [5.41, 5.74) is 5.78. The monoisotopic (exact) mass is 283 g/mol. The highest BCUT2D eigenvalue weighted by Crippen LogP contribution is 2.30. The van der Waals surface area contributed by atoms with Gasteiger partial charge in [-0.3, -0.25) is 4.79 Å². The second-order valence-corrected chi connectivity index (χ2v) is 5.74. The van der Waals surface area contributed by atoms with Crippen LogP contribution in [0.4, 0.5) is 0 Å². The van der Waals surface area contributed by atoms with Crippen molar-refractivity contribution < 1.29 is 9.90 Å². The van der Waals surface area contributed by atoms with Gasteiger partial charge in [0, 0.05) is 0 Å². The number of carbonyl (C=O) groups is 1. The average molecular weight is 283 g/mol. The maximum Gasteiger partial charge on any atom is 0.258 e. The van der Waals surface area contributed by atoms with Crippen molar-refractivity contribution in [1.82, 2.24) is 0 Å². The smallest absolute Gasteiger partial charge is 0.258 e. The molecule has 0 saturated carbocycles. The van der Waals surface area contributed by atoms with Crippen molar-refractivity contribution >= 4 is 5.91 Å². The van der Waals surface area contributed by atoms with Gasteiger partial charge < -0.3 is 10.8 Å². The van der Waals surface area contributed by atoms with Crippen LogP contribution < -0.4 is 5.73 Å². The zero-order chi connectivity index (χ0) is 15.5. The van der Waals surface area contributed by atoms with Crippen LogP contribution in [0.5, 0.6) is 0 Å². The predicted octanol–water partition coefficient (Wildman–Crippen LogP) is 2.61. The summed E-state index contributed by atoms with van der Waals surface area (Å²) < 4.78 is 0. The Hall–Kier alpha value is -2.13. The fourth-order valence-corrected chi connectivity index (χ4v) is 2.53. The van der Waals surface area contributed by atoms with Crippen LogP contribution in [0.15, 0.2) is 54.6 Å². The summed E-state index contributed by atoms with van der Waals surface area (Å²) in [6.07, 6.45) is 0.886. The Kier molecular flexibility index (Phi) is 4.43. The van der Waals surface area contributed by atoms with Crippen LogP contribution in [0.2, 0.25) is 0 Å². The molecule has 0 fully saturated rings. The van der Waals surface area contributed by atoms with Crippen LogP contribution in [0.1, 0.15) is 30.5 Å². The predicted molar refractivity (Wildman–Crippen MR) is 83.6 cm³/mol. The number of rotatable bonds is 5. The Morgan fingerprint density at radius 1 is 1.10 bits per heavy atom.